The van der Waals surface area contributed by atoms with Crippen LogP contribution in [-0.4, -0.2) is 36.3 Å². The van der Waals surface area contributed by atoms with Crippen LogP contribution in [-0.2, 0) is 9.59 Å². The average molecular weight is 396 g/mol. The summed E-state index contributed by atoms with van der Waals surface area (Å²) in [6.45, 7) is 11.2. The van der Waals surface area contributed by atoms with Crippen LogP contribution in [0.25, 0.3) is 0 Å². The fourth-order valence-electron chi connectivity index (χ4n) is 3.24. The first-order valence-electron chi connectivity index (χ1n) is 10.2. The molecule has 5 heteroatoms. The van der Waals surface area contributed by atoms with Gasteiger partial charge in [-0.2, -0.15) is 0 Å². The molecule has 0 aromatic heterocycles. The van der Waals surface area contributed by atoms with E-state index >= 15 is 0 Å². The number of rotatable bonds is 9. The molecule has 2 aromatic rings. The molecule has 2 rings (SSSR count). The van der Waals surface area contributed by atoms with Crippen molar-refractivity contribution < 1.29 is 9.59 Å². The maximum atomic E-state index is 12.6. The highest BCUT2D eigenvalue weighted by atomic mass is 16.2. The van der Waals surface area contributed by atoms with Crippen molar-refractivity contribution in [3.63, 3.8) is 0 Å². The summed E-state index contributed by atoms with van der Waals surface area (Å²) in [5.74, 6) is -0.185. The highest BCUT2D eigenvalue weighted by molar-refractivity contribution is 5.93. The van der Waals surface area contributed by atoms with E-state index in [9.17, 15) is 9.59 Å². The molecule has 0 aliphatic rings. The SMILES string of the molecule is CCCN(CC(=O)Nc1ccccc1C)CC(=O)N[C@H](C)c1ccc(C)c(C)c1. The van der Waals surface area contributed by atoms with Gasteiger partial charge in [0.25, 0.3) is 0 Å². The lowest BCUT2D eigenvalue weighted by Gasteiger charge is -2.22. The van der Waals surface area contributed by atoms with Crippen LogP contribution in [0.15, 0.2) is 42.5 Å². The first-order valence-corrected chi connectivity index (χ1v) is 10.2. The number of benzene rings is 2. The van der Waals surface area contributed by atoms with Crippen LogP contribution in [0.3, 0.4) is 0 Å². The molecule has 2 N–H and O–H groups in total. The lowest BCUT2D eigenvalue weighted by Crippen LogP contribution is -2.42. The Hall–Kier alpha value is -2.66. The molecule has 5 nitrogen and oxygen atoms in total. The molecule has 0 bridgehead atoms. The maximum absolute atomic E-state index is 12.6. The topological polar surface area (TPSA) is 61.4 Å². The molecule has 0 saturated heterocycles. The van der Waals surface area contributed by atoms with E-state index < -0.39 is 0 Å². The third-order valence-corrected chi connectivity index (χ3v) is 5.10. The predicted molar refractivity (Wildman–Crippen MR) is 119 cm³/mol. The summed E-state index contributed by atoms with van der Waals surface area (Å²) in [6, 6.07) is 13.8. The van der Waals surface area contributed by atoms with Gasteiger partial charge in [-0.25, -0.2) is 0 Å². The Balaban J connectivity index is 1.92. The molecule has 2 aromatic carbocycles. The van der Waals surface area contributed by atoms with E-state index in [1.54, 1.807) is 0 Å². The molecule has 1 atom stereocenters. The van der Waals surface area contributed by atoms with Crippen LogP contribution >= 0.6 is 0 Å². The quantitative estimate of drug-likeness (QED) is 0.671. The summed E-state index contributed by atoms with van der Waals surface area (Å²) < 4.78 is 0. The summed E-state index contributed by atoms with van der Waals surface area (Å²) >= 11 is 0. The van der Waals surface area contributed by atoms with E-state index in [0.29, 0.717) is 6.54 Å². The zero-order valence-corrected chi connectivity index (χ0v) is 18.2. The van der Waals surface area contributed by atoms with Crippen molar-refractivity contribution in [1.82, 2.24) is 10.2 Å². The lowest BCUT2D eigenvalue weighted by molar-refractivity contribution is -0.124. The van der Waals surface area contributed by atoms with Gasteiger partial charge in [0.15, 0.2) is 0 Å². The summed E-state index contributed by atoms with van der Waals surface area (Å²) in [6.07, 6.45) is 0.873. The molecular weight excluding hydrogens is 362 g/mol. The minimum atomic E-state index is -0.109. The second kappa shape index (κ2) is 10.8. The van der Waals surface area contributed by atoms with Crippen molar-refractivity contribution in [3.05, 3.63) is 64.7 Å². The molecule has 156 valence electrons. The van der Waals surface area contributed by atoms with E-state index in [0.717, 1.165) is 23.2 Å². The maximum Gasteiger partial charge on any atom is 0.238 e. The molecule has 2 amide bonds. The number of nitrogens with one attached hydrogen (secondary N) is 2. The van der Waals surface area contributed by atoms with Crippen LogP contribution in [0.4, 0.5) is 5.69 Å². The van der Waals surface area contributed by atoms with Gasteiger partial charge in [-0.3, -0.25) is 14.5 Å². The Bertz CT molecular complexity index is 848. The number of hydrogen-bond acceptors (Lipinski definition) is 3. The molecule has 29 heavy (non-hydrogen) atoms. The monoisotopic (exact) mass is 395 g/mol. The summed E-state index contributed by atoms with van der Waals surface area (Å²) in [5.41, 5.74) is 5.36. The number of aryl methyl sites for hydroxylation is 3. The highest BCUT2D eigenvalue weighted by Crippen LogP contribution is 2.17. The Morgan fingerprint density at radius 2 is 1.62 bits per heavy atom. The number of carbonyl (C=O) groups excluding carboxylic acids is 2. The van der Waals surface area contributed by atoms with Crippen molar-refractivity contribution in [2.45, 2.75) is 47.1 Å². The molecule has 0 spiro atoms. The van der Waals surface area contributed by atoms with Gasteiger partial charge in [0.1, 0.15) is 0 Å². The van der Waals surface area contributed by atoms with Crippen molar-refractivity contribution in [2.75, 3.05) is 25.0 Å². The van der Waals surface area contributed by atoms with Crippen LogP contribution in [0.1, 0.15) is 48.6 Å². The average Bonchev–Trinajstić information content (AvgIpc) is 2.65. The third-order valence-electron chi connectivity index (χ3n) is 5.10. The van der Waals surface area contributed by atoms with E-state index in [1.165, 1.54) is 11.1 Å². The number of anilines is 1. The Morgan fingerprint density at radius 3 is 2.28 bits per heavy atom. The highest BCUT2D eigenvalue weighted by Gasteiger charge is 2.17. The summed E-state index contributed by atoms with van der Waals surface area (Å²) in [5, 5.41) is 5.99. The largest absolute Gasteiger partial charge is 0.348 e. The minimum Gasteiger partial charge on any atom is -0.348 e. The second-order valence-corrected chi connectivity index (χ2v) is 7.71. The molecule has 0 aliphatic heterocycles. The molecule has 0 unspecified atom stereocenters. The predicted octanol–water partition coefficient (Wildman–Crippen LogP) is 4.14. The molecule has 0 heterocycles. The van der Waals surface area contributed by atoms with Crippen molar-refractivity contribution in [2.24, 2.45) is 0 Å². The van der Waals surface area contributed by atoms with Gasteiger partial charge in [-0.05, 0) is 69.0 Å². The minimum absolute atomic E-state index is 0.0760. The van der Waals surface area contributed by atoms with Crippen molar-refractivity contribution >= 4 is 17.5 Å². The molecule has 0 radical (unpaired) electrons. The number of carbonyl (C=O) groups is 2. The van der Waals surface area contributed by atoms with Crippen LogP contribution in [0.5, 0.6) is 0 Å². The number of hydrogen-bond donors (Lipinski definition) is 2. The van der Waals surface area contributed by atoms with Gasteiger partial charge in [0.2, 0.25) is 11.8 Å². The molecule has 0 fully saturated rings. The number of nitrogens with zero attached hydrogens (tertiary/aromatic N) is 1. The molecular formula is C24H33N3O2. The Morgan fingerprint density at radius 1 is 0.931 bits per heavy atom. The van der Waals surface area contributed by atoms with Gasteiger partial charge in [0, 0.05) is 5.69 Å². The first kappa shape index (κ1) is 22.6. The summed E-state index contributed by atoms with van der Waals surface area (Å²) in [4.78, 5) is 26.9. The Kier molecular flexibility index (Phi) is 8.40. The zero-order valence-electron chi connectivity index (χ0n) is 18.2. The fraction of sp³-hybridized carbons (Fsp3) is 0.417. The summed E-state index contributed by atoms with van der Waals surface area (Å²) in [7, 11) is 0. The number of amides is 2. The van der Waals surface area contributed by atoms with Gasteiger partial charge in [-0.1, -0.05) is 43.3 Å². The van der Waals surface area contributed by atoms with Crippen molar-refractivity contribution in [1.29, 1.82) is 0 Å². The van der Waals surface area contributed by atoms with E-state index in [1.807, 2.05) is 56.0 Å². The van der Waals surface area contributed by atoms with Gasteiger partial charge in [0.05, 0.1) is 19.1 Å². The molecule has 0 saturated carbocycles. The number of para-hydroxylation sites is 1. The van der Waals surface area contributed by atoms with E-state index in [4.69, 9.17) is 0 Å². The smallest absolute Gasteiger partial charge is 0.238 e. The van der Waals surface area contributed by atoms with E-state index in [-0.39, 0.29) is 30.9 Å². The van der Waals surface area contributed by atoms with Gasteiger partial charge in [-0.15, -0.1) is 0 Å². The Labute approximate surface area is 174 Å². The van der Waals surface area contributed by atoms with Gasteiger partial charge < -0.3 is 10.6 Å². The zero-order chi connectivity index (χ0) is 21.4. The van der Waals surface area contributed by atoms with Crippen LogP contribution in [0, 0.1) is 20.8 Å². The normalized spacial score (nSPS) is 11.9. The molecule has 0 aliphatic carbocycles. The fourth-order valence-corrected chi connectivity index (χ4v) is 3.24. The first-order chi connectivity index (χ1) is 13.8. The second-order valence-electron chi connectivity index (χ2n) is 7.71. The van der Waals surface area contributed by atoms with Crippen LogP contribution < -0.4 is 10.6 Å². The van der Waals surface area contributed by atoms with Crippen LogP contribution in [0.2, 0.25) is 0 Å². The van der Waals surface area contributed by atoms with E-state index in [2.05, 4.69) is 36.6 Å². The lowest BCUT2D eigenvalue weighted by atomic mass is 10.0. The van der Waals surface area contributed by atoms with Gasteiger partial charge >= 0.3 is 0 Å². The standard InChI is InChI=1S/C24H33N3O2/c1-6-13-27(16-24(29)26-22-10-8-7-9-18(22)3)15-23(28)25-20(5)21-12-11-17(2)19(4)14-21/h7-12,14,20H,6,13,15-16H2,1-5H3,(H,25,28)(H,26,29)/t20-/m1/s1. The van der Waals surface area contributed by atoms with Crippen molar-refractivity contribution in [3.8, 4) is 0 Å². The third kappa shape index (κ3) is 7.02.